The number of methoxy groups -OCH3 is 1. The highest BCUT2D eigenvalue weighted by Crippen LogP contribution is 2.67. The Labute approximate surface area is 283 Å². The molecule has 2 bridgehead atoms. The zero-order chi connectivity index (χ0) is 36.3. The maximum atomic E-state index is 15.2. The van der Waals surface area contributed by atoms with Crippen molar-refractivity contribution in [2.45, 2.75) is 90.2 Å². The van der Waals surface area contributed by atoms with Crippen LogP contribution in [0.4, 0.5) is 13.2 Å². The summed E-state index contributed by atoms with van der Waals surface area (Å²) >= 11 is 0. The number of likely N-dealkylation sites (N-methyl/N-ethyl adjacent to an activating group) is 1. The van der Waals surface area contributed by atoms with E-state index >= 15 is 13.2 Å². The molecule has 7 atom stereocenters. The Balaban J connectivity index is 1.51. The van der Waals surface area contributed by atoms with Gasteiger partial charge in [-0.25, -0.2) is 0 Å². The van der Waals surface area contributed by atoms with Crippen LogP contribution in [-0.4, -0.2) is 88.0 Å². The van der Waals surface area contributed by atoms with Gasteiger partial charge in [-0.1, -0.05) is 27.7 Å². The van der Waals surface area contributed by atoms with Crippen molar-refractivity contribution in [3.8, 4) is 5.75 Å². The number of halogens is 3. The normalized spacial score (nSPS) is 33.8. The second-order valence-corrected chi connectivity index (χ2v) is 15.6. The number of fused-ring (bicyclic) bond motifs is 5. The predicted octanol–water partition coefficient (Wildman–Crippen LogP) is 4.67. The Morgan fingerprint density at radius 2 is 1.78 bits per heavy atom. The average molecular weight is 690 g/mol. The molecule has 5 aliphatic rings. The van der Waals surface area contributed by atoms with Crippen LogP contribution in [0.25, 0.3) is 5.76 Å². The first-order valence-corrected chi connectivity index (χ1v) is 16.9. The third-order valence-corrected chi connectivity index (χ3v) is 13.3. The first-order chi connectivity index (χ1) is 22.7. The van der Waals surface area contributed by atoms with Crippen LogP contribution in [0.2, 0.25) is 0 Å². The summed E-state index contributed by atoms with van der Waals surface area (Å²) in [5.41, 5.74) is -0.0314. The van der Waals surface area contributed by atoms with E-state index in [0.29, 0.717) is 12.5 Å². The second kappa shape index (κ2) is 11.3. The fraction of sp³-hybridized carbons (Fsp3) is 0.639. The van der Waals surface area contributed by atoms with E-state index in [4.69, 9.17) is 10.5 Å². The zero-order valence-corrected chi connectivity index (χ0v) is 29.0. The Hall–Kier alpha value is -3.42. The molecule has 0 spiro atoms. The van der Waals surface area contributed by atoms with Gasteiger partial charge in [-0.05, 0) is 92.6 Å². The minimum absolute atomic E-state index is 0.0284. The van der Waals surface area contributed by atoms with Crippen molar-refractivity contribution < 1.29 is 47.6 Å². The molecule has 49 heavy (non-hydrogen) atoms. The van der Waals surface area contributed by atoms with E-state index in [2.05, 4.69) is 25.7 Å². The number of amides is 1. The Morgan fingerprint density at radius 1 is 1.12 bits per heavy atom. The summed E-state index contributed by atoms with van der Waals surface area (Å²) < 4.78 is 51.3. The topological polar surface area (TPSA) is 154 Å². The van der Waals surface area contributed by atoms with Gasteiger partial charge >= 0.3 is 6.18 Å². The maximum absolute atomic E-state index is 15.2. The number of benzene rings is 1. The quantitative estimate of drug-likeness (QED) is 0.299. The van der Waals surface area contributed by atoms with Crippen molar-refractivity contribution in [1.29, 1.82) is 0 Å². The van der Waals surface area contributed by atoms with Gasteiger partial charge in [0.1, 0.15) is 22.8 Å². The van der Waals surface area contributed by atoms with Gasteiger partial charge in [0.25, 0.3) is 5.91 Å². The summed E-state index contributed by atoms with van der Waals surface area (Å²) in [4.78, 5) is 43.8. The molecule has 5 aliphatic carbocycles. The minimum atomic E-state index is -4.87. The SMILES string of the molecule is CCN(Cc1cc(O)c2c(c1C(F)(F)F)C[C@H]1C[C@H]3[C@H](N(C)C)C(=O)C(C(N)=O)=C(O)[C@@]3(OC)C(=O)C1=C2O)[C@H]1CC2CCC1(C)C2(C)C. The molecule has 6 rings (SSSR count). The number of hydrogen-bond acceptors (Lipinski definition) is 9. The molecule has 3 fully saturated rings. The monoisotopic (exact) mass is 689 g/mol. The first kappa shape index (κ1) is 35.4. The number of carbonyl (C=O) groups excluding carboxylic acids is 3. The van der Waals surface area contributed by atoms with Gasteiger partial charge in [0, 0.05) is 31.2 Å². The predicted molar refractivity (Wildman–Crippen MR) is 173 cm³/mol. The van der Waals surface area contributed by atoms with Crippen LogP contribution in [0.15, 0.2) is 23.0 Å². The summed E-state index contributed by atoms with van der Waals surface area (Å²) in [6.07, 6.45) is -2.47. The molecule has 0 radical (unpaired) electrons. The molecule has 0 aromatic heterocycles. The number of rotatable bonds is 7. The highest BCUT2D eigenvalue weighted by molar-refractivity contribution is 6.24. The smallest absolute Gasteiger partial charge is 0.417 e. The fourth-order valence-electron chi connectivity index (χ4n) is 10.6. The van der Waals surface area contributed by atoms with Crippen molar-refractivity contribution in [3.05, 3.63) is 45.2 Å². The number of ether oxygens (including phenoxy) is 1. The molecule has 5 N–H and O–H groups in total. The van der Waals surface area contributed by atoms with Crippen LogP contribution >= 0.6 is 0 Å². The molecule has 10 nitrogen and oxygen atoms in total. The zero-order valence-electron chi connectivity index (χ0n) is 29.0. The third-order valence-electron chi connectivity index (χ3n) is 13.3. The molecule has 268 valence electrons. The van der Waals surface area contributed by atoms with Crippen molar-refractivity contribution in [1.82, 2.24) is 9.80 Å². The summed E-state index contributed by atoms with van der Waals surface area (Å²) in [5, 5.41) is 34.3. The minimum Gasteiger partial charge on any atom is -0.508 e. The van der Waals surface area contributed by atoms with Gasteiger partial charge in [0.2, 0.25) is 5.78 Å². The van der Waals surface area contributed by atoms with E-state index < -0.39 is 81.1 Å². The number of nitrogens with zero attached hydrogens (tertiary/aromatic N) is 2. The maximum Gasteiger partial charge on any atom is 0.417 e. The van der Waals surface area contributed by atoms with E-state index in [1.165, 1.54) is 19.0 Å². The van der Waals surface area contributed by atoms with Crippen molar-refractivity contribution in [2.24, 2.45) is 34.3 Å². The van der Waals surface area contributed by atoms with Crippen LogP contribution in [0, 0.1) is 28.6 Å². The van der Waals surface area contributed by atoms with E-state index in [1.807, 2.05) is 6.92 Å². The van der Waals surface area contributed by atoms with Crippen molar-refractivity contribution in [3.63, 3.8) is 0 Å². The number of ketones is 2. The summed E-state index contributed by atoms with van der Waals surface area (Å²) in [6, 6.07) is -0.130. The van der Waals surface area contributed by atoms with Crippen molar-refractivity contribution >= 4 is 23.2 Å². The van der Waals surface area contributed by atoms with E-state index in [1.54, 1.807) is 0 Å². The summed E-state index contributed by atoms with van der Waals surface area (Å²) in [6.45, 7) is 9.05. The molecule has 3 saturated carbocycles. The number of primary amides is 1. The van der Waals surface area contributed by atoms with E-state index in [-0.39, 0.29) is 53.0 Å². The Morgan fingerprint density at radius 3 is 2.27 bits per heavy atom. The molecule has 0 aliphatic heterocycles. The van der Waals surface area contributed by atoms with Crippen LogP contribution in [0.5, 0.6) is 5.75 Å². The van der Waals surface area contributed by atoms with Crippen molar-refractivity contribution in [2.75, 3.05) is 27.7 Å². The highest BCUT2D eigenvalue weighted by Gasteiger charge is 2.66. The number of phenols is 1. The lowest BCUT2D eigenvalue weighted by Crippen LogP contribution is -2.66. The molecular weight excluding hydrogens is 643 g/mol. The number of hydrogen-bond donors (Lipinski definition) is 4. The first-order valence-electron chi connectivity index (χ1n) is 16.9. The third kappa shape index (κ3) is 4.60. The Kier molecular flexibility index (Phi) is 8.16. The van der Waals surface area contributed by atoms with Crippen LogP contribution in [0.1, 0.15) is 75.6 Å². The summed E-state index contributed by atoms with van der Waals surface area (Å²) in [7, 11) is 4.15. The van der Waals surface area contributed by atoms with Crippen LogP contribution in [0.3, 0.4) is 0 Å². The number of aliphatic hydroxyl groups excluding tert-OH is 2. The molecule has 1 aromatic carbocycles. The van der Waals surface area contributed by atoms with Crippen LogP contribution in [-0.2, 0) is 38.3 Å². The summed E-state index contributed by atoms with van der Waals surface area (Å²) in [5.74, 6) is -7.34. The number of phenolic OH excluding ortho intramolecular Hbond substituents is 1. The molecular formula is C36H46F3N3O7. The number of Topliss-reactive ketones (excluding diaryl/α,β-unsaturated/α-hetero) is 2. The molecule has 0 heterocycles. The number of alkyl halides is 3. The number of nitrogens with two attached hydrogens (primary N) is 1. The van der Waals surface area contributed by atoms with Crippen LogP contribution < -0.4 is 5.73 Å². The van der Waals surface area contributed by atoms with E-state index in [9.17, 15) is 29.7 Å². The van der Waals surface area contributed by atoms with E-state index in [0.717, 1.165) is 32.4 Å². The molecule has 1 amide bonds. The number of carbonyl (C=O) groups is 3. The average Bonchev–Trinajstić information content (AvgIpc) is 3.32. The molecule has 13 heteroatoms. The standard InChI is InChI=1S/C36H46F3N3O7/c1-8-42(22-14-18-9-10-34(22,4)33(18,2)3)15-17-13-21(43)24-19(26(17)36(37,38)39)11-16-12-20-27(41(5)6)29(45)25(32(40)48)31(47)35(20,49-7)30(46)23(16)28(24)44/h13,16,18,20,22,27,43-44,47H,8-12,14-15H2,1-7H3,(H2,40,48)/t16-,18?,20-,22-,27-,34?,35-/m0/s1. The second-order valence-electron chi connectivity index (χ2n) is 15.6. The fourth-order valence-corrected chi connectivity index (χ4v) is 10.6. The number of aromatic hydroxyl groups is 1. The highest BCUT2D eigenvalue weighted by atomic mass is 19.4. The lowest BCUT2D eigenvalue weighted by molar-refractivity contribution is -0.159. The molecule has 0 saturated heterocycles. The van der Waals surface area contributed by atoms with Gasteiger partial charge < -0.3 is 25.8 Å². The van der Waals surface area contributed by atoms with Gasteiger partial charge in [-0.15, -0.1) is 0 Å². The largest absolute Gasteiger partial charge is 0.508 e. The Bertz CT molecular complexity index is 1720. The van der Waals surface area contributed by atoms with Gasteiger partial charge in [0.05, 0.1) is 17.2 Å². The van der Waals surface area contributed by atoms with Gasteiger partial charge in [-0.3, -0.25) is 24.2 Å². The van der Waals surface area contributed by atoms with Gasteiger partial charge in [-0.2, -0.15) is 13.2 Å². The lowest BCUT2D eigenvalue weighted by atomic mass is 9.57. The lowest BCUT2D eigenvalue weighted by Gasteiger charge is -2.52. The number of aliphatic hydroxyl groups is 2. The molecule has 1 aromatic rings. The van der Waals surface area contributed by atoms with Gasteiger partial charge in [0.15, 0.2) is 11.4 Å². The molecule has 2 unspecified atom stereocenters.